The van der Waals surface area contributed by atoms with Gasteiger partial charge in [0.05, 0.1) is 33.8 Å². The fourth-order valence-corrected chi connectivity index (χ4v) is 6.14. The largest absolute Gasteiger partial charge is 0.379 e. The van der Waals surface area contributed by atoms with Gasteiger partial charge in [0.15, 0.2) is 5.78 Å². The molecule has 0 bridgehead atoms. The van der Waals surface area contributed by atoms with Crippen molar-refractivity contribution in [1.82, 2.24) is 26.2 Å². The molecule has 0 saturated carbocycles. The third-order valence-electron chi connectivity index (χ3n) is 9.16. The Hall–Kier alpha value is -4.13. The molecule has 2 aliphatic rings. The normalized spacial score (nSPS) is 20.5. The van der Waals surface area contributed by atoms with Gasteiger partial charge in [0.2, 0.25) is 23.6 Å². The lowest BCUT2D eigenvalue weighted by molar-refractivity contribution is -0.135. The van der Waals surface area contributed by atoms with Crippen molar-refractivity contribution in [3.8, 4) is 0 Å². The third-order valence-corrected chi connectivity index (χ3v) is 9.16. The summed E-state index contributed by atoms with van der Waals surface area (Å²) < 4.78 is 19.9. The van der Waals surface area contributed by atoms with Crippen molar-refractivity contribution in [3.63, 3.8) is 0 Å². The van der Waals surface area contributed by atoms with Crippen LogP contribution in [0.4, 0.5) is 0 Å². The van der Waals surface area contributed by atoms with Crippen LogP contribution >= 0.6 is 0 Å². The lowest BCUT2D eigenvalue weighted by Crippen LogP contribution is -2.59. The van der Waals surface area contributed by atoms with Crippen molar-refractivity contribution < 1.29 is 34.8 Å². The number of carbonyl (C=O) groups is 5. The number of epoxide rings is 1. The van der Waals surface area contributed by atoms with E-state index in [4.69, 9.17) is 10.8 Å². The maximum absolute atomic E-state index is 14.1. The number of rotatable bonds is 20. The van der Waals surface area contributed by atoms with E-state index in [0.717, 1.165) is 11.1 Å². The molecule has 52 heavy (non-hydrogen) atoms. The lowest BCUT2D eigenvalue weighted by Gasteiger charge is -2.29. The molecular weight excluding hydrogens is 662 g/mol. The molecule has 284 valence electrons. The van der Waals surface area contributed by atoms with Gasteiger partial charge in [0.1, 0.15) is 23.7 Å². The van der Waals surface area contributed by atoms with E-state index in [2.05, 4.69) is 21.3 Å². The Labute approximate surface area is 309 Å². The molecule has 2 aromatic rings. The van der Waals surface area contributed by atoms with Gasteiger partial charge in [0, 0.05) is 19.5 Å². The van der Waals surface area contributed by atoms with Crippen molar-refractivity contribution in [2.45, 2.75) is 96.5 Å². The first kappa shape index (κ1) is 39.1. The maximum Gasteiger partial charge on any atom is 0.243 e. The Morgan fingerprint density at radius 2 is 1.29 bits per heavy atom. The van der Waals surface area contributed by atoms with Gasteiger partial charge in [-0.05, 0) is 55.6 Å². The topological polar surface area (TPSA) is 158 Å². The van der Waals surface area contributed by atoms with E-state index in [9.17, 15) is 24.0 Å². The van der Waals surface area contributed by atoms with Gasteiger partial charge in [-0.2, -0.15) is 0 Å². The van der Waals surface area contributed by atoms with Gasteiger partial charge >= 0.3 is 0 Å². The molecule has 4 amide bonds. The van der Waals surface area contributed by atoms with E-state index in [0.29, 0.717) is 39.1 Å². The summed E-state index contributed by atoms with van der Waals surface area (Å²) in [6.45, 7) is 11.7. The zero-order chi connectivity index (χ0) is 38.6. The average molecular weight is 721 g/mol. The maximum atomic E-state index is 14.1. The summed E-state index contributed by atoms with van der Waals surface area (Å²) in [5.74, 6) is -2.75. The number of Topliss-reactive ketones (excluding diaryl/α,β-unsaturated/α-hetero) is 1. The summed E-state index contributed by atoms with van der Waals surface area (Å²) in [4.78, 5) is 70.7. The Morgan fingerprint density at radius 3 is 1.87 bits per heavy atom. The number of ketones is 1. The molecule has 5 atom stereocenters. The number of morpholine rings is 1. The fraction of sp³-hybridized carbons (Fsp3) is 0.575. The monoisotopic (exact) mass is 720 g/mol. The van der Waals surface area contributed by atoms with Gasteiger partial charge in [-0.25, -0.2) is 0 Å². The molecule has 4 N–H and O–H groups in total. The Bertz CT molecular complexity index is 1530. The summed E-state index contributed by atoms with van der Waals surface area (Å²) in [5.41, 5.74) is 0.607. The van der Waals surface area contributed by atoms with Crippen LogP contribution in [-0.4, -0.2) is 104 Å². The molecule has 0 unspecified atom stereocenters. The van der Waals surface area contributed by atoms with Crippen LogP contribution in [-0.2, 0) is 46.3 Å². The van der Waals surface area contributed by atoms with Crippen molar-refractivity contribution in [2.24, 2.45) is 11.8 Å². The van der Waals surface area contributed by atoms with Crippen molar-refractivity contribution in [3.05, 3.63) is 71.8 Å². The highest BCUT2D eigenvalue weighted by molar-refractivity contribution is 5.98. The van der Waals surface area contributed by atoms with Crippen LogP contribution < -0.4 is 21.3 Å². The molecule has 12 nitrogen and oxygen atoms in total. The molecule has 2 aliphatic heterocycles. The molecule has 0 aromatic heterocycles. The molecule has 0 radical (unpaired) electrons. The van der Waals surface area contributed by atoms with E-state index in [-0.39, 0.29) is 50.2 Å². The number of carbonyl (C=O) groups excluding carboxylic acids is 5. The van der Waals surface area contributed by atoms with E-state index in [1.54, 1.807) is 6.92 Å². The molecule has 2 heterocycles. The predicted molar refractivity (Wildman–Crippen MR) is 198 cm³/mol. The third kappa shape index (κ3) is 13.1. The van der Waals surface area contributed by atoms with Crippen LogP contribution in [0, 0.1) is 11.8 Å². The first-order chi connectivity index (χ1) is 25.2. The number of nitrogens with zero attached hydrogens (tertiary/aromatic N) is 1. The van der Waals surface area contributed by atoms with Crippen LogP contribution in [0.1, 0.15) is 66.4 Å². The average Bonchev–Trinajstić information content (AvgIpc) is 3.87. The minimum absolute atomic E-state index is 0.0185. The van der Waals surface area contributed by atoms with Crippen molar-refractivity contribution in [2.75, 3.05) is 39.5 Å². The molecule has 12 heteroatoms. The van der Waals surface area contributed by atoms with Crippen LogP contribution in [0.3, 0.4) is 0 Å². The van der Waals surface area contributed by atoms with E-state index < -0.39 is 53.2 Å². The fourth-order valence-electron chi connectivity index (χ4n) is 6.14. The molecule has 0 aliphatic carbocycles. The first-order valence-electron chi connectivity index (χ1n) is 19.0. The summed E-state index contributed by atoms with van der Waals surface area (Å²) in [6, 6.07) is 13.6. The smallest absolute Gasteiger partial charge is 0.243 e. The van der Waals surface area contributed by atoms with Gasteiger partial charge in [-0.1, -0.05) is 88.4 Å². The van der Waals surface area contributed by atoms with Gasteiger partial charge in [0.25, 0.3) is 0 Å². The van der Waals surface area contributed by atoms with Crippen LogP contribution in [0.25, 0.3) is 0 Å². The zero-order valence-corrected chi connectivity index (χ0v) is 31.2. The number of aryl methyl sites for hydroxylation is 1. The van der Waals surface area contributed by atoms with E-state index >= 15 is 0 Å². The number of hydrogen-bond donors (Lipinski definition) is 4. The number of hydrogen-bond acceptors (Lipinski definition) is 8. The minimum Gasteiger partial charge on any atom is -0.379 e. The van der Waals surface area contributed by atoms with Crippen LogP contribution in [0.2, 0.25) is 0 Å². The SMILES string of the molecule is [2H][C@](CC(C)C)(NC(=O)[C@H](Cc1ccccc1)NC(=O)[C@H](CC(C)C)NC(=O)[C@H](CCc1ccccc1)NC(=O)CN1CCOCC1)C(=O)[C@@]1(C)CO1. The summed E-state index contributed by atoms with van der Waals surface area (Å²) in [6.07, 6.45) is 1.21. The van der Waals surface area contributed by atoms with Gasteiger partial charge in [-0.15, -0.1) is 0 Å². The van der Waals surface area contributed by atoms with E-state index in [1.807, 2.05) is 93.3 Å². The lowest BCUT2D eigenvalue weighted by atomic mass is 9.93. The van der Waals surface area contributed by atoms with Crippen LogP contribution in [0.5, 0.6) is 0 Å². The van der Waals surface area contributed by atoms with Gasteiger partial charge in [-0.3, -0.25) is 28.9 Å². The molecule has 0 spiro atoms. The quantitative estimate of drug-likeness (QED) is 0.152. The molecule has 2 fully saturated rings. The van der Waals surface area contributed by atoms with E-state index in [1.165, 1.54) is 0 Å². The van der Waals surface area contributed by atoms with Crippen molar-refractivity contribution >= 4 is 29.4 Å². The standard InChI is InChI=1S/C40H57N5O7/c1-27(2)22-32(36(47)40(5)26-52-40)42-39(50)34(24-30-14-10-7-11-15-30)44-38(49)33(23-28(3)4)43-37(48)31(17-16-29-12-8-6-9-13-29)41-35(46)25-45-18-20-51-21-19-45/h6-15,27-28,31-34H,16-26H2,1-5H3,(H,41,46)(H,42,50)(H,43,48)(H,44,49)/t31-,32+,33-,34-,40+/m0/s1/i32D. The van der Waals surface area contributed by atoms with Crippen LogP contribution in [0.15, 0.2) is 60.7 Å². The summed E-state index contributed by atoms with van der Waals surface area (Å²) in [7, 11) is 0. The molecule has 2 aromatic carbocycles. The second-order valence-corrected chi connectivity index (χ2v) is 14.9. The zero-order valence-electron chi connectivity index (χ0n) is 32.2. The summed E-state index contributed by atoms with van der Waals surface area (Å²) in [5, 5.41) is 11.3. The van der Waals surface area contributed by atoms with Gasteiger partial charge < -0.3 is 30.7 Å². The number of amides is 4. The highest BCUT2D eigenvalue weighted by Gasteiger charge is 2.50. The second kappa shape index (κ2) is 19.6. The van der Waals surface area contributed by atoms with Crippen molar-refractivity contribution in [1.29, 1.82) is 0 Å². The minimum atomic E-state index is -1.98. The number of benzene rings is 2. The first-order valence-corrected chi connectivity index (χ1v) is 18.5. The molecule has 2 saturated heterocycles. The Kier molecular flexibility index (Phi) is 14.8. The highest BCUT2D eigenvalue weighted by Crippen LogP contribution is 2.29. The predicted octanol–water partition coefficient (Wildman–Crippen LogP) is 2.58. The number of nitrogens with one attached hydrogen (secondary N) is 4. The molecular formula is C40H57N5O7. The summed E-state index contributed by atoms with van der Waals surface area (Å²) >= 11 is 0. The Morgan fingerprint density at radius 1 is 0.750 bits per heavy atom. The second-order valence-electron chi connectivity index (χ2n) is 14.9. The highest BCUT2D eigenvalue weighted by atomic mass is 16.6. The number of ether oxygens (including phenoxy) is 2. The molecule has 4 rings (SSSR count). The Balaban J connectivity index is 1.53.